The number of rotatable bonds is 3. The lowest BCUT2D eigenvalue weighted by Crippen LogP contribution is -2.33. The van der Waals surface area contributed by atoms with E-state index in [4.69, 9.17) is 0 Å². The molecular weight excluding hydrogens is 218 g/mol. The minimum atomic E-state index is -0.405. The van der Waals surface area contributed by atoms with E-state index in [1.807, 2.05) is 13.1 Å². The smallest absolute Gasteiger partial charge is 0.279 e. The zero-order valence-electron chi connectivity index (χ0n) is 10.1. The van der Waals surface area contributed by atoms with Gasteiger partial charge in [-0.3, -0.25) is 10.1 Å². The van der Waals surface area contributed by atoms with Gasteiger partial charge in [-0.25, -0.2) is 0 Å². The highest BCUT2D eigenvalue weighted by Gasteiger charge is 2.24. The van der Waals surface area contributed by atoms with E-state index in [2.05, 4.69) is 22.9 Å². The van der Waals surface area contributed by atoms with Crippen molar-refractivity contribution in [3.05, 3.63) is 34.4 Å². The van der Waals surface area contributed by atoms with E-state index >= 15 is 0 Å². The standard InChI is InChI=1S/C12H16N3O2/c1-13-7-6-12(9-13)14(2)10-4-3-5-11(8-10)15(16)17/h3-4,8,12H,6-7,9H2,1-2H3. The Kier molecular flexibility index (Phi) is 3.28. The van der Waals surface area contributed by atoms with Crippen molar-refractivity contribution in [2.24, 2.45) is 0 Å². The number of non-ortho nitro benzene ring substituents is 1. The number of hydrogen-bond donors (Lipinski definition) is 0. The molecule has 17 heavy (non-hydrogen) atoms. The van der Waals surface area contributed by atoms with Crippen molar-refractivity contribution in [1.29, 1.82) is 0 Å². The number of likely N-dealkylation sites (tertiary alicyclic amines) is 1. The van der Waals surface area contributed by atoms with Crippen LogP contribution in [0.2, 0.25) is 0 Å². The normalized spacial score (nSPS) is 20.5. The first-order valence-corrected chi connectivity index (χ1v) is 5.65. The summed E-state index contributed by atoms with van der Waals surface area (Å²) < 4.78 is 0. The quantitative estimate of drug-likeness (QED) is 0.588. The van der Waals surface area contributed by atoms with Gasteiger partial charge < -0.3 is 9.80 Å². The van der Waals surface area contributed by atoms with Crippen LogP contribution in [-0.2, 0) is 0 Å². The van der Waals surface area contributed by atoms with Gasteiger partial charge >= 0.3 is 0 Å². The molecule has 0 saturated carbocycles. The average molecular weight is 234 g/mol. The van der Waals surface area contributed by atoms with Crippen LogP contribution < -0.4 is 4.90 Å². The third-order valence-corrected chi connectivity index (χ3v) is 3.29. The largest absolute Gasteiger partial charge is 0.370 e. The molecule has 5 nitrogen and oxygen atoms in total. The van der Waals surface area contributed by atoms with Crippen LogP contribution in [0.25, 0.3) is 0 Å². The molecule has 0 bridgehead atoms. The van der Waals surface area contributed by atoms with Gasteiger partial charge in [-0.1, -0.05) is 0 Å². The van der Waals surface area contributed by atoms with Crippen LogP contribution >= 0.6 is 0 Å². The molecule has 0 amide bonds. The van der Waals surface area contributed by atoms with Crippen LogP contribution in [0.15, 0.2) is 18.2 Å². The van der Waals surface area contributed by atoms with Gasteiger partial charge in [0.15, 0.2) is 0 Å². The van der Waals surface area contributed by atoms with E-state index in [0.29, 0.717) is 6.04 Å². The second-order valence-electron chi connectivity index (χ2n) is 4.50. The number of nitro benzene ring substituents is 1. The molecule has 1 heterocycles. The molecule has 2 rings (SSSR count). The first-order chi connectivity index (χ1) is 8.08. The van der Waals surface area contributed by atoms with Crippen LogP contribution in [-0.4, -0.2) is 43.0 Å². The van der Waals surface area contributed by atoms with E-state index in [0.717, 1.165) is 25.2 Å². The summed E-state index contributed by atoms with van der Waals surface area (Å²) in [6, 6.07) is 8.12. The maximum Gasteiger partial charge on any atom is 0.279 e. The molecule has 91 valence electrons. The number of hydrogen-bond acceptors (Lipinski definition) is 4. The number of benzene rings is 1. The van der Waals surface area contributed by atoms with Gasteiger partial charge in [-0.05, 0) is 32.1 Å². The Labute approximate surface area is 101 Å². The minimum Gasteiger partial charge on any atom is -0.370 e. The molecule has 1 aromatic rings. The molecule has 0 spiro atoms. The highest BCUT2D eigenvalue weighted by molar-refractivity contribution is 5.53. The summed E-state index contributed by atoms with van der Waals surface area (Å²) in [4.78, 5) is 14.7. The Bertz CT molecular complexity index is 422. The van der Waals surface area contributed by atoms with Gasteiger partial charge in [-0.2, -0.15) is 0 Å². The van der Waals surface area contributed by atoms with Crippen LogP contribution in [0.3, 0.4) is 0 Å². The minimum absolute atomic E-state index is 0.0284. The summed E-state index contributed by atoms with van der Waals surface area (Å²) in [5.74, 6) is 0. The van der Waals surface area contributed by atoms with Gasteiger partial charge in [0.2, 0.25) is 0 Å². The summed E-state index contributed by atoms with van der Waals surface area (Å²) in [7, 11) is 4.08. The van der Waals surface area contributed by atoms with Crippen LogP contribution in [0.5, 0.6) is 0 Å². The van der Waals surface area contributed by atoms with Gasteiger partial charge in [0, 0.05) is 31.4 Å². The third-order valence-electron chi connectivity index (χ3n) is 3.29. The van der Waals surface area contributed by atoms with E-state index in [9.17, 15) is 10.1 Å². The SMILES string of the molecule is CN1CCC(N(C)c2cc[c]c([N+](=O)[O-])c2)C1. The Hall–Kier alpha value is -1.62. The maximum atomic E-state index is 10.7. The zero-order chi connectivity index (χ0) is 12.4. The fourth-order valence-electron chi connectivity index (χ4n) is 2.21. The summed E-state index contributed by atoms with van der Waals surface area (Å²) in [6.45, 7) is 2.08. The number of nitro groups is 1. The monoisotopic (exact) mass is 234 g/mol. The third kappa shape index (κ3) is 2.55. The van der Waals surface area contributed by atoms with E-state index in [1.54, 1.807) is 12.1 Å². The maximum absolute atomic E-state index is 10.7. The van der Waals surface area contributed by atoms with Crippen molar-refractivity contribution in [2.75, 3.05) is 32.1 Å². The van der Waals surface area contributed by atoms with Gasteiger partial charge in [0.25, 0.3) is 5.69 Å². The topological polar surface area (TPSA) is 49.6 Å². The number of nitrogens with zero attached hydrogens (tertiary/aromatic N) is 3. The summed E-state index contributed by atoms with van der Waals surface area (Å²) >= 11 is 0. The summed E-state index contributed by atoms with van der Waals surface area (Å²) in [5.41, 5.74) is 0.913. The highest BCUT2D eigenvalue weighted by atomic mass is 16.6. The average Bonchev–Trinajstić information content (AvgIpc) is 2.75. The lowest BCUT2D eigenvalue weighted by atomic mass is 10.2. The summed E-state index contributed by atoms with van der Waals surface area (Å²) in [5, 5.41) is 10.7. The first-order valence-electron chi connectivity index (χ1n) is 5.65. The van der Waals surface area contributed by atoms with Crippen LogP contribution in [0, 0.1) is 16.2 Å². The van der Waals surface area contributed by atoms with E-state index < -0.39 is 4.92 Å². The molecule has 1 saturated heterocycles. The molecule has 1 aliphatic rings. The molecule has 1 aromatic carbocycles. The first kappa shape index (κ1) is 11.9. The predicted molar refractivity (Wildman–Crippen MR) is 66.2 cm³/mol. The van der Waals surface area contributed by atoms with Crippen LogP contribution in [0.1, 0.15) is 6.42 Å². The molecule has 1 unspecified atom stereocenters. The van der Waals surface area contributed by atoms with Gasteiger partial charge in [0.05, 0.1) is 11.0 Å². The second kappa shape index (κ2) is 4.71. The van der Waals surface area contributed by atoms with E-state index in [1.165, 1.54) is 0 Å². The number of likely N-dealkylation sites (N-methyl/N-ethyl adjacent to an activating group) is 2. The van der Waals surface area contributed by atoms with Crippen LogP contribution in [0.4, 0.5) is 11.4 Å². The predicted octanol–water partition coefficient (Wildman–Crippen LogP) is 1.54. The van der Waals surface area contributed by atoms with Gasteiger partial charge in [0.1, 0.15) is 0 Å². The molecule has 1 radical (unpaired) electrons. The lowest BCUT2D eigenvalue weighted by Gasteiger charge is -2.26. The fourth-order valence-corrected chi connectivity index (χ4v) is 2.21. The van der Waals surface area contributed by atoms with Crippen molar-refractivity contribution in [2.45, 2.75) is 12.5 Å². The zero-order valence-corrected chi connectivity index (χ0v) is 10.1. The van der Waals surface area contributed by atoms with E-state index in [-0.39, 0.29) is 5.69 Å². The molecule has 1 aliphatic heterocycles. The Balaban J connectivity index is 2.16. The van der Waals surface area contributed by atoms with Crippen molar-refractivity contribution in [1.82, 2.24) is 4.90 Å². The molecular formula is C12H16N3O2. The van der Waals surface area contributed by atoms with Crippen molar-refractivity contribution in [3.8, 4) is 0 Å². The molecule has 0 aliphatic carbocycles. The molecule has 1 fully saturated rings. The Morgan fingerprint density at radius 2 is 2.41 bits per heavy atom. The van der Waals surface area contributed by atoms with Crippen molar-refractivity contribution in [3.63, 3.8) is 0 Å². The van der Waals surface area contributed by atoms with Gasteiger partial charge in [-0.15, -0.1) is 0 Å². The Morgan fingerprint density at radius 3 is 3.00 bits per heavy atom. The molecule has 0 aromatic heterocycles. The number of anilines is 1. The molecule has 5 heteroatoms. The highest BCUT2D eigenvalue weighted by Crippen LogP contribution is 2.24. The lowest BCUT2D eigenvalue weighted by molar-refractivity contribution is -0.385. The molecule has 1 atom stereocenters. The Morgan fingerprint density at radius 1 is 1.65 bits per heavy atom. The van der Waals surface area contributed by atoms with Crippen molar-refractivity contribution >= 4 is 11.4 Å². The summed E-state index contributed by atoms with van der Waals surface area (Å²) in [6.07, 6.45) is 1.10. The second-order valence-corrected chi connectivity index (χ2v) is 4.50. The fraction of sp³-hybridized carbons (Fsp3) is 0.500. The molecule has 0 N–H and O–H groups in total. The van der Waals surface area contributed by atoms with Crippen molar-refractivity contribution < 1.29 is 4.92 Å².